The summed E-state index contributed by atoms with van der Waals surface area (Å²) in [5, 5.41) is 4.23. The first kappa shape index (κ1) is 19.6. The Labute approximate surface area is 183 Å². The second-order valence-corrected chi connectivity index (χ2v) is 8.15. The summed E-state index contributed by atoms with van der Waals surface area (Å²) in [6, 6.07) is 12.8. The highest BCUT2D eigenvalue weighted by Crippen LogP contribution is 2.31. The number of benzene rings is 2. The minimum absolute atomic E-state index is 0.147. The average molecular weight is 437 g/mol. The van der Waals surface area contributed by atoms with Crippen molar-refractivity contribution >= 4 is 51.0 Å². The Bertz CT molecular complexity index is 1340. The normalized spacial score (nSPS) is 14.3. The summed E-state index contributed by atoms with van der Waals surface area (Å²) in [7, 11) is 0. The van der Waals surface area contributed by atoms with Crippen LogP contribution in [0, 0.1) is 0 Å². The van der Waals surface area contributed by atoms with Crippen molar-refractivity contribution in [1.82, 2.24) is 9.55 Å². The molecular formula is C23H21ClN4O3. The van der Waals surface area contributed by atoms with Gasteiger partial charge in [0.1, 0.15) is 17.6 Å². The molecule has 1 amide bonds. The van der Waals surface area contributed by atoms with E-state index in [0.717, 1.165) is 37.0 Å². The minimum Gasteiger partial charge on any atom is -0.448 e. The second kappa shape index (κ2) is 8.07. The molecule has 0 spiro atoms. The number of carbonyl (C=O) groups excluding carboxylic acids is 1. The zero-order valence-corrected chi connectivity index (χ0v) is 17.6. The molecular weight excluding hydrogens is 416 g/mol. The third-order valence-electron chi connectivity index (χ3n) is 5.59. The van der Waals surface area contributed by atoms with Crippen LogP contribution in [0.1, 0.15) is 19.3 Å². The molecule has 31 heavy (non-hydrogen) atoms. The Morgan fingerprint density at radius 1 is 1.13 bits per heavy atom. The van der Waals surface area contributed by atoms with Crippen molar-refractivity contribution in [3.8, 4) is 0 Å². The predicted molar refractivity (Wildman–Crippen MR) is 122 cm³/mol. The summed E-state index contributed by atoms with van der Waals surface area (Å²) in [6.45, 7) is 1.71. The highest BCUT2D eigenvalue weighted by molar-refractivity contribution is 6.31. The molecule has 0 radical (unpaired) electrons. The molecule has 1 saturated heterocycles. The van der Waals surface area contributed by atoms with Crippen LogP contribution in [0.15, 0.2) is 58.0 Å². The molecule has 0 aliphatic carbocycles. The standard InChI is InChI=1S/C23H21ClN4O3/c24-15-8-9-18(27-10-4-1-5-11-27)17(12-15)26-20(29)13-28-14-25-21-16-6-2-3-7-19(16)31-22(21)23(28)30/h2-3,6-9,12,14H,1,4-5,10-11,13H2,(H,26,29). The van der Waals surface area contributed by atoms with Crippen molar-refractivity contribution in [1.29, 1.82) is 0 Å². The quantitative estimate of drug-likeness (QED) is 0.512. The number of fused-ring (bicyclic) bond motifs is 3. The largest absolute Gasteiger partial charge is 0.448 e. The summed E-state index contributed by atoms with van der Waals surface area (Å²) in [6.07, 6.45) is 4.84. The number of carbonyl (C=O) groups is 1. The number of anilines is 2. The summed E-state index contributed by atoms with van der Waals surface area (Å²) in [5.74, 6) is -0.333. The smallest absolute Gasteiger partial charge is 0.297 e. The van der Waals surface area contributed by atoms with Gasteiger partial charge in [0.25, 0.3) is 5.56 Å². The fourth-order valence-corrected chi connectivity index (χ4v) is 4.26. The van der Waals surface area contributed by atoms with Gasteiger partial charge in [-0.2, -0.15) is 0 Å². The molecule has 3 heterocycles. The molecule has 0 bridgehead atoms. The van der Waals surface area contributed by atoms with Gasteiger partial charge in [0, 0.05) is 23.5 Å². The van der Waals surface area contributed by atoms with Crippen molar-refractivity contribution in [2.75, 3.05) is 23.3 Å². The molecule has 0 atom stereocenters. The monoisotopic (exact) mass is 436 g/mol. The van der Waals surface area contributed by atoms with E-state index in [2.05, 4.69) is 15.2 Å². The van der Waals surface area contributed by atoms with E-state index >= 15 is 0 Å². The number of hydrogen-bond donors (Lipinski definition) is 1. The second-order valence-electron chi connectivity index (χ2n) is 7.71. The van der Waals surface area contributed by atoms with E-state index in [1.165, 1.54) is 17.3 Å². The molecule has 1 aliphatic heterocycles. The highest BCUT2D eigenvalue weighted by Gasteiger charge is 2.18. The van der Waals surface area contributed by atoms with Crippen LogP contribution in [0.5, 0.6) is 0 Å². The van der Waals surface area contributed by atoms with Crippen LogP contribution < -0.4 is 15.8 Å². The molecule has 4 aromatic rings. The summed E-state index contributed by atoms with van der Waals surface area (Å²) < 4.78 is 6.94. The van der Waals surface area contributed by atoms with E-state index in [-0.39, 0.29) is 18.0 Å². The van der Waals surface area contributed by atoms with Gasteiger partial charge in [-0.3, -0.25) is 14.2 Å². The topological polar surface area (TPSA) is 80.4 Å². The number of halogens is 1. The van der Waals surface area contributed by atoms with Crippen molar-refractivity contribution in [3.63, 3.8) is 0 Å². The molecule has 2 aromatic carbocycles. The number of nitrogens with one attached hydrogen (secondary N) is 1. The SMILES string of the molecule is O=C(Cn1cnc2c(oc3ccccc32)c1=O)Nc1cc(Cl)ccc1N1CCCCC1. The molecule has 158 valence electrons. The van der Waals surface area contributed by atoms with Gasteiger partial charge in [0.2, 0.25) is 11.5 Å². The molecule has 1 fully saturated rings. The Kier molecular flexibility index (Phi) is 5.11. The summed E-state index contributed by atoms with van der Waals surface area (Å²) >= 11 is 6.18. The van der Waals surface area contributed by atoms with Gasteiger partial charge in [-0.05, 0) is 49.6 Å². The molecule has 0 saturated carbocycles. The van der Waals surface area contributed by atoms with Crippen LogP contribution in [-0.4, -0.2) is 28.5 Å². The Hall–Kier alpha value is -3.32. The molecule has 0 unspecified atom stereocenters. The molecule has 8 heteroatoms. The zero-order chi connectivity index (χ0) is 21.4. The number of piperidine rings is 1. The van der Waals surface area contributed by atoms with Gasteiger partial charge in [0.05, 0.1) is 17.7 Å². The van der Waals surface area contributed by atoms with Gasteiger partial charge in [-0.15, -0.1) is 0 Å². The first-order valence-electron chi connectivity index (χ1n) is 10.3. The van der Waals surface area contributed by atoms with Gasteiger partial charge >= 0.3 is 0 Å². The number of hydrogen-bond acceptors (Lipinski definition) is 5. The first-order valence-corrected chi connectivity index (χ1v) is 10.7. The third-order valence-corrected chi connectivity index (χ3v) is 5.83. The number of rotatable bonds is 4. The molecule has 1 N–H and O–H groups in total. The Morgan fingerprint density at radius 3 is 2.77 bits per heavy atom. The maximum absolute atomic E-state index is 12.9. The summed E-state index contributed by atoms with van der Waals surface area (Å²) in [5.41, 5.74) is 2.43. The van der Waals surface area contributed by atoms with Crippen LogP contribution in [-0.2, 0) is 11.3 Å². The van der Waals surface area contributed by atoms with Crippen LogP contribution >= 0.6 is 11.6 Å². The lowest BCUT2D eigenvalue weighted by molar-refractivity contribution is -0.116. The van der Waals surface area contributed by atoms with E-state index in [9.17, 15) is 9.59 Å². The van der Waals surface area contributed by atoms with Crippen molar-refractivity contribution in [2.45, 2.75) is 25.8 Å². The van der Waals surface area contributed by atoms with E-state index in [1.54, 1.807) is 12.1 Å². The number of para-hydroxylation sites is 1. The lowest BCUT2D eigenvalue weighted by atomic mass is 10.1. The van der Waals surface area contributed by atoms with Gasteiger partial charge in [-0.25, -0.2) is 4.98 Å². The van der Waals surface area contributed by atoms with Crippen molar-refractivity contribution in [2.24, 2.45) is 0 Å². The molecule has 2 aromatic heterocycles. The lowest BCUT2D eigenvalue weighted by Crippen LogP contribution is -2.31. The minimum atomic E-state index is -0.390. The predicted octanol–water partition coefficient (Wildman–Crippen LogP) is 4.43. The molecule has 1 aliphatic rings. The number of amides is 1. The lowest BCUT2D eigenvalue weighted by Gasteiger charge is -2.30. The van der Waals surface area contributed by atoms with E-state index in [1.807, 2.05) is 30.3 Å². The fraction of sp³-hybridized carbons (Fsp3) is 0.261. The van der Waals surface area contributed by atoms with Crippen molar-refractivity contribution in [3.05, 3.63) is 64.2 Å². The van der Waals surface area contributed by atoms with Crippen molar-refractivity contribution < 1.29 is 9.21 Å². The van der Waals surface area contributed by atoms with Gasteiger partial charge < -0.3 is 14.6 Å². The highest BCUT2D eigenvalue weighted by atomic mass is 35.5. The van der Waals surface area contributed by atoms with Gasteiger partial charge in [-0.1, -0.05) is 23.7 Å². The summed E-state index contributed by atoms with van der Waals surface area (Å²) in [4.78, 5) is 32.3. The Balaban J connectivity index is 1.41. The zero-order valence-electron chi connectivity index (χ0n) is 16.8. The third kappa shape index (κ3) is 3.77. The molecule has 7 nitrogen and oxygen atoms in total. The van der Waals surface area contributed by atoms with Gasteiger partial charge in [0.15, 0.2) is 0 Å². The molecule has 5 rings (SSSR count). The number of aromatic nitrogens is 2. The van der Waals surface area contributed by atoms with Crippen LogP contribution in [0.2, 0.25) is 5.02 Å². The maximum atomic E-state index is 12.9. The Morgan fingerprint density at radius 2 is 1.94 bits per heavy atom. The number of nitrogens with zero attached hydrogens (tertiary/aromatic N) is 3. The average Bonchev–Trinajstić information content (AvgIpc) is 3.16. The first-order chi connectivity index (χ1) is 15.1. The number of furan rings is 1. The van der Waals surface area contributed by atoms with E-state index < -0.39 is 5.56 Å². The van der Waals surface area contributed by atoms with E-state index in [4.69, 9.17) is 16.0 Å². The van der Waals surface area contributed by atoms with E-state index in [0.29, 0.717) is 21.8 Å². The van der Waals surface area contributed by atoms with Crippen LogP contribution in [0.25, 0.3) is 22.1 Å². The fourth-order valence-electron chi connectivity index (χ4n) is 4.09. The van der Waals surface area contributed by atoms with Crippen LogP contribution in [0.4, 0.5) is 11.4 Å². The van der Waals surface area contributed by atoms with Crippen LogP contribution in [0.3, 0.4) is 0 Å². The maximum Gasteiger partial charge on any atom is 0.297 e.